The van der Waals surface area contributed by atoms with Gasteiger partial charge in [0, 0.05) is 6.04 Å². The van der Waals surface area contributed by atoms with Crippen LogP contribution in [-0.4, -0.2) is 86.2 Å². The standard InChI is InChI=1S/C20H31N.C19H29N.2C14H27N/c1-20(2,17-10-4-3-5-11-17)14-8-9-16-15-21-19-13-7-6-12-18(16)19;1-18(2,17-7-4-3-5-8-17)9-6-10-19-11-14-20(15-12-19)16-13-19;2*1-13(2,3)5-4-6-14-7-10-15(11-8-14)12-9-14/h3-5,10-11,16,18-19,21H,6-9,12-15H2,1-2H3;3-5,7-8H,6,9-16H2,1-2H3;2*4-12H2,1-3H3. The van der Waals surface area contributed by atoms with Crippen LogP contribution < -0.4 is 5.32 Å². The third kappa shape index (κ3) is 17.4. The summed E-state index contributed by atoms with van der Waals surface area (Å²) in [5.41, 5.74) is 6.94. The van der Waals surface area contributed by atoms with Crippen molar-refractivity contribution in [2.45, 2.75) is 247 Å². The maximum atomic E-state index is 3.79. The van der Waals surface area contributed by atoms with Crippen LogP contribution in [0.5, 0.6) is 0 Å². The second-order valence-electron chi connectivity index (χ2n) is 29.6. The molecule has 10 heterocycles. The first-order chi connectivity index (χ1) is 33.7. The topological polar surface area (TPSA) is 21.8 Å². The van der Waals surface area contributed by atoms with Gasteiger partial charge in [-0.05, 0) is 248 Å². The number of nitrogens with zero attached hydrogens (tertiary/aromatic N) is 3. The highest BCUT2D eigenvalue weighted by Gasteiger charge is 2.42. The van der Waals surface area contributed by atoms with Crippen LogP contribution in [0.15, 0.2) is 60.7 Å². The van der Waals surface area contributed by atoms with Crippen LogP contribution in [0, 0.1) is 38.9 Å². The molecule has 402 valence electrons. The molecular weight excluding hydrogens is 861 g/mol. The van der Waals surface area contributed by atoms with E-state index in [1.165, 1.54) is 237 Å². The van der Waals surface area contributed by atoms with E-state index in [1.54, 1.807) is 0 Å². The number of benzene rings is 2. The number of piperidine rings is 9. The number of hydrogen-bond acceptors (Lipinski definition) is 4. The zero-order valence-corrected chi connectivity index (χ0v) is 48.6. The first-order valence-corrected chi connectivity index (χ1v) is 30.8. The summed E-state index contributed by atoms with van der Waals surface area (Å²) in [6.45, 7) is 37.5. The molecule has 0 spiro atoms. The van der Waals surface area contributed by atoms with Crippen LogP contribution in [0.25, 0.3) is 0 Å². The van der Waals surface area contributed by atoms with Crippen molar-refractivity contribution in [2.75, 3.05) is 65.4 Å². The summed E-state index contributed by atoms with van der Waals surface area (Å²) in [4.78, 5) is 7.94. The molecule has 3 atom stereocenters. The summed E-state index contributed by atoms with van der Waals surface area (Å²) in [5, 5.41) is 3.79. The molecule has 4 nitrogen and oxygen atoms in total. The Labute approximate surface area is 440 Å². The largest absolute Gasteiger partial charge is 0.313 e. The van der Waals surface area contributed by atoms with Crippen LogP contribution in [0.3, 0.4) is 0 Å². The molecule has 2 aromatic carbocycles. The highest BCUT2D eigenvalue weighted by Crippen LogP contribution is 2.47. The Morgan fingerprint density at radius 3 is 1.14 bits per heavy atom. The molecule has 3 unspecified atom stereocenters. The Morgan fingerprint density at radius 1 is 0.437 bits per heavy atom. The van der Waals surface area contributed by atoms with Gasteiger partial charge in [0.1, 0.15) is 0 Å². The van der Waals surface area contributed by atoms with Gasteiger partial charge in [-0.25, -0.2) is 0 Å². The van der Waals surface area contributed by atoms with E-state index in [-0.39, 0.29) is 0 Å². The van der Waals surface area contributed by atoms with Crippen molar-refractivity contribution in [1.82, 2.24) is 20.0 Å². The number of nitrogens with one attached hydrogen (secondary N) is 1. The van der Waals surface area contributed by atoms with E-state index >= 15 is 0 Å². The molecule has 6 bridgehead atoms. The summed E-state index contributed by atoms with van der Waals surface area (Å²) in [5.74, 6) is 1.93. The normalized spacial score (nSPS) is 32.1. The number of rotatable bonds is 16. The second kappa shape index (κ2) is 25.4. The first-order valence-electron chi connectivity index (χ1n) is 30.8. The van der Waals surface area contributed by atoms with Crippen LogP contribution in [0.2, 0.25) is 0 Å². The predicted molar refractivity (Wildman–Crippen MR) is 309 cm³/mol. The molecule has 0 radical (unpaired) electrons. The lowest BCUT2D eigenvalue weighted by Gasteiger charge is -2.49. The minimum absolute atomic E-state index is 0.319. The summed E-state index contributed by atoms with van der Waals surface area (Å²) in [6, 6.07) is 22.9. The quantitative estimate of drug-likeness (QED) is 0.181. The van der Waals surface area contributed by atoms with Crippen molar-refractivity contribution in [3.8, 4) is 0 Å². The van der Waals surface area contributed by atoms with E-state index in [1.807, 2.05) is 0 Å². The molecule has 1 N–H and O–H groups in total. The fourth-order valence-electron chi connectivity index (χ4n) is 15.3. The maximum Gasteiger partial charge on any atom is 0.00985 e. The van der Waals surface area contributed by atoms with Gasteiger partial charge in [0.15, 0.2) is 0 Å². The van der Waals surface area contributed by atoms with Crippen LogP contribution in [0.1, 0.15) is 241 Å². The van der Waals surface area contributed by atoms with E-state index in [0.717, 1.165) is 28.7 Å². The van der Waals surface area contributed by atoms with E-state index in [4.69, 9.17) is 0 Å². The Bertz CT molecular complexity index is 1700. The van der Waals surface area contributed by atoms with E-state index in [9.17, 15) is 0 Å². The van der Waals surface area contributed by atoms with Gasteiger partial charge < -0.3 is 20.0 Å². The van der Waals surface area contributed by atoms with Gasteiger partial charge in [-0.2, -0.15) is 0 Å². The highest BCUT2D eigenvalue weighted by atomic mass is 15.2. The molecule has 1 aliphatic carbocycles. The SMILES string of the molecule is CC(C)(C)CCCC12CCN(CC1)CC2.CC(C)(C)CCCC12CCN(CC1)CC2.CC(C)(CCCC12CCN(CC1)CC2)c1ccccc1.CC(C)(CCCC1CNC2CCCCC12)c1ccccc1. The van der Waals surface area contributed by atoms with Gasteiger partial charge in [0.2, 0.25) is 0 Å². The Balaban J connectivity index is 0.000000141. The molecule has 1 saturated carbocycles. The third-order valence-corrected chi connectivity index (χ3v) is 21.0. The highest BCUT2D eigenvalue weighted by molar-refractivity contribution is 5.24. The number of hydrogen-bond donors (Lipinski definition) is 1. The smallest absolute Gasteiger partial charge is 0.00985 e. The van der Waals surface area contributed by atoms with E-state index in [0.29, 0.717) is 27.1 Å². The van der Waals surface area contributed by atoms with E-state index < -0.39 is 0 Å². The molecule has 0 aromatic heterocycles. The second-order valence-corrected chi connectivity index (χ2v) is 29.6. The summed E-state index contributed by atoms with van der Waals surface area (Å²) in [7, 11) is 0. The molecule has 71 heavy (non-hydrogen) atoms. The molecule has 11 fully saturated rings. The van der Waals surface area contributed by atoms with Crippen LogP contribution >= 0.6 is 0 Å². The summed E-state index contributed by atoms with van der Waals surface area (Å²) in [6.07, 6.45) is 36.1. The Morgan fingerprint density at radius 2 is 0.775 bits per heavy atom. The van der Waals surface area contributed by atoms with Gasteiger partial charge >= 0.3 is 0 Å². The van der Waals surface area contributed by atoms with Crippen molar-refractivity contribution in [3.63, 3.8) is 0 Å². The van der Waals surface area contributed by atoms with Gasteiger partial charge in [-0.3, -0.25) is 0 Å². The van der Waals surface area contributed by atoms with E-state index in [2.05, 4.69) is 150 Å². The molecule has 11 aliphatic rings. The molecule has 10 saturated heterocycles. The van der Waals surface area contributed by atoms with Crippen LogP contribution in [0.4, 0.5) is 0 Å². The third-order valence-electron chi connectivity index (χ3n) is 21.0. The zero-order chi connectivity index (χ0) is 50.6. The fourth-order valence-corrected chi connectivity index (χ4v) is 15.3. The molecule has 10 aliphatic heterocycles. The summed E-state index contributed by atoms with van der Waals surface area (Å²) < 4.78 is 0. The van der Waals surface area contributed by atoms with Crippen molar-refractivity contribution >= 4 is 0 Å². The Kier molecular flexibility index (Phi) is 20.4. The zero-order valence-electron chi connectivity index (χ0n) is 48.6. The fraction of sp³-hybridized carbons (Fsp3) is 0.821. The van der Waals surface area contributed by atoms with Crippen molar-refractivity contribution in [2.24, 2.45) is 38.9 Å². The molecule has 13 rings (SSSR count). The molecule has 4 heteroatoms. The van der Waals surface area contributed by atoms with Gasteiger partial charge in [0.05, 0.1) is 0 Å². The molecule has 2 aromatic rings. The molecular formula is C67H114N4. The maximum absolute atomic E-state index is 3.79. The van der Waals surface area contributed by atoms with Crippen molar-refractivity contribution in [1.29, 1.82) is 0 Å². The molecule has 0 amide bonds. The van der Waals surface area contributed by atoms with Gasteiger partial charge in [0.25, 0.3) is 0 Å². The van der Waals surface area contributed by atoms with Gasteiger partial charge in [-0.15, -0.1) is 0 Å². The average molecular weight is 976 g/mol. The minimum atomic E-state index is 0.319. The van der Waals surface area contributed by atoms with Crippen LogP contribution in [-0.2, 0) is 10.8 Å². The monoisotopic (exact) mass is 975 g/mol. The van der Waals surface area contributed by atoms with Crippen molar-refractivity contribution in [3.05, 3.63) is 71.8 Å². The van der Waals surface area contributed by atoms with Crippen molar-refractivity contribution < 1.29 is 0 Å². The van der Waals surface area contributed by atoms with Gasteiger partial charge in [-0.1, -0.05) is 168 Å². The number of fused-ring (bicyclic) bond motifs is 10. The minimum Gasteiger partial charge on any atom is -0.313 e. The summed E-state index contributed by atoms with van der Waals surface area (Å²) >= 11 is 0. The lowest BCUT2D eigenvalue weighted by atomic mass is 9.68. The lowest BCUT2D eigenvalue weighted by molar-refractivity contribution is 0.0165. The lowest BCUT2D eigenvalue weighted by Crippen LogP contribution is -2.48. The predicted octanol–water partition coefficient (Wildman–Crippen LogP) is 16.9. The Hall–Kier alpha value is -1.72. The first kappa shape index (κ1) is 57.0. The average Bonchev–Trinajstić information content (AvgIpc) is 3.78.